The molecule has 0 aliphatic carbocycles. The van der Waals surface area contributed by atoms with Crippen LogP contribution in [-0.4, -0.2) is 74.7 Å². The van der Waals surface area contributed by atoms with Crippen molar-refractivity contribution in [2.24, 2.45) is 0 Å². The van der Waals surface area contributed by atoms with E-state index in [1.807, 2.05) is 44.2 Å². The summed E-state index contributed by atoms with van der Waals surface area (Å²) in [6.07, 6.45) is 3.28. The average molecular weight is 440 g/mol. The summed E-state index contributed by atoms with van der Waals surface area (Å²) >= 11 is -1.34. The molecule has 7 nitrogen and oxygen atoms in total. The van der Waals surface area contributed by atoms with Gasteiger partial charge in [0.05, 0.1) is 29.9 Å². The van der Waals surface area contributed by atoms with Crippen LogP contribution in [0.3, 0.4) is 0 Å². The summed E-state index contributed by atoms with van der Waals surface area (Å²) in [5.74, 6) is 0.252. The number of benzene rings is 1. The molecule has 1 fully saturated rings. The van der Waals surface area contributed by atoms with E-state index in [-0.39, 0.29) is 35.3 Å². The Morgan fingerprint density at radius 1 is 1.23 bits per heavy atom. The Hall–Kier alpha value is -1.13. The molecule has 30 heavy (non-hydrogen) atoms. The van der Waals surface area contributed by atoms with Gasteiger partial charge in [0.2, 0.25) is 5.79 Å². The van der Waals surface area contributed by atoms with E-state index >= 15 is 0 Å². The van der Waals surface area contributed by atoms with Crippen LogP contribution in [0.2, 0.25) is 0 Å². The summed E-state index contributed by atoms with van der Waals surface area (Å²) in [6.45, 7) is 5.60. The number of ether oxygens (including phenoxy) is 3. The van der Waals surface area contributed by atoms with Crippen molar-refractivity contribution in [3.63, 3.8) is 0 Å². The van der Waals surface area contributed by atoms with Gasteiger partial charge in [-0.2, -0.15) is 4.98 Å². The first kappa shape index (κ1) is 23.5. The zero-order valence-corrected chi connectivity index (χ0v) is 17.5. The van der Waals surface area contributed by atoms with Gasteiger partial charge < -0.3 is 18.8 Å². The molecule has 3 heterocycles. The fourth-order valence-electron chi connectivity index (χ4n) is 3.28. The molecule has 1 saturated heterocycles. The number of H-pyrrole nitrogens is 1. The van der Waals surface area contributed by atoms with Crippen molar-refractivity contribution in [2.45, 2.75) is 43.4 Å². The molecule has 2 aromatic heterocycles. The molecule has 9 heteroatoms. The third kappa shape index (κ3) is 5.19. The molecule has 1 aromatic carbocycles. The molecule has 1 aliphatic rings. The van der Waals surface area contributed by atoms with Gasteiger partial charge >= 0.3 is 34.7 Å². The minimum absolute atomic E-state index is 0. The van der Waals surface area contributed by atoms with Crippen molar-refractivity contribution in [3.05, 3.63) is 47.8 Å². The second kappa shape index (κ2) is 10.5. The van der Waals surface area contributed by atoms with Gasteiger partial charge in [0.1, 0.15) is 12.4 Å². The third-order valence-corrected chi connectivity index (χ3v) is 6.28. The Balaban J connectivity index is 0.00000256. The molecule has 156 valence electrons. The second-order valence-electron chi connectivity index (χ2n) is 7.03. The molecule has 0 spiro atoms. The standard InChI is InChI=1S/C21H25N3O4S.Na.H/c1-3-21(27-11-6-12-28-21)14-26-19-9-10-22-18(15(19)2)13-29(25)20-23-16-7-4-5-8-17(16)24-20;;/h4-5,7-10H,3,6,11-14H2,1-2H3,(H,23,24);;. The second-order valence-corrected chi connectivity index (χ2v) is 8.40. The summed E-state index contributed by atoms with van der Waals surface area (Å²) in [4.78, 5) is 12.0. The van der Waals surface area contributed by atoms with Crippen molar-refractivity contribution >= 4 is 51.8 Å². The molecule has 1 atom stereocenters. The van der Waals surface area contributed by atoms with E-state index in [9.17, 15) is 4.55 Å². The van der Waals surface area contributed by atoms with Crippen LogP contribution in [0.15, 0.2) is 41.7 Å². The Labute approximate surface area is 201 Å². The van der Waals surface area contributed by atoms with Crippen molar-refractivity contribution < 1.29 is 18.8 Å². The quantitative estimate of drug-likeness (QED) is 0.450. The number of imidazole rings is 1. The Morgan fingerprint density at radius 2 is 2.00 bits per heavy atom. The Kier molecular flexibility index (Phi) is 8.20. The minimum atomic E-state index is -1.34. The summed E-state index contributed by atoms with van der Waals surface area (Å²) in [5, 5.41) is 0.452. The summed E-state index contributed by atoms with van der Waals surface area (Å²) in [5.41, 5.74) is 3.25. The van der Waals surface area contributed by atoms with Gasteiger partial charge in [-0.1, -0.05) is 19.1 Å². The number of para-hydroxylation sites is 2. The Bertz CT molecular complexity index is 945. The number of pyridine rings is 1. The predicted molar refractivity (Wildman–Crippen MR) is 117 cm³/mol. The van der Waals surface area contributed by atoms with Crippen molar-refractivity contribution in [3.8, 4) is 5.75 Å². The van der Waals surface area contributed by atoms with Crippen LogP contribution in [0.1, 0.15) is 31.0 Å². The molecular formula is C21H26N3NaO4S. The normalized spacial score (nSPS) is 16.8. The maximum atomic E-state index is 12.8. The molecule has 1 unspecified atom stereocenters. The molecule has 0 saturated carbocycles. The third-order valence-electron chi connectivity index (χ3n) is 5.12. The topological polar surface area (TPSA) is 92.3 Å². The summed E-state index contributed by atoms with van der Waals surface area (Å²) < 4.78 is 30.5. The first-order valence-corrected chi connectivity index (χ1v) is 11.1. The molecule has 3 aromatic rings. The Morgan fingerprint density at radius 3 is 2.73 bits per heavy atom. The zero-order chi connectivity index (χ0) is 20.3. The number of aromatic amines is 1. The molecule has 0 bridgehead atoms. The predicted octanol–water partition coefficient (Wildman–Crippen LogP) is 2.85. The number of fused-ring (bicyclic) bond motifs is 1. The van der Waals surface area contributed by atoms with Crippen molar-refractivity contribution in [1.29, 1.82) is 0 Å². The van der Waals surface area contributed by atoms with Gasteiger partial charge in [-0.3, -0.25) is 9.97 Å². The van der Waals surface area contributed by atoms with E-state index in [1.165, 1.54) is 0 Å². The SMILES string of the molecule is CCC1(COc2ccnc(C[S+]([O-])c3nc4ccccc4[nH]3)c2C)OCCCO1.[NaH]. The van der Waals surface area contributed by atoms with Crippen LogP contribution in [0.25, 0.3) is 11.0 Å². The molecule has 1 aliphatic heterocycles. The van der Waals surface area contributed by atoms with Crippen LogP contribution in [-0.2, 0) is 26.4 Å². The van der Waals surface area contributed by atoms with Gasteiger partial charge in [0.25, 0.3) is 0 Å². The summed E-state index contributed by atoms with van der Waals surface area (Å²) in [7, 11) is 0. The van der Waals surface area contributed by atoms with E-state index in [2.05, 4.69) is 15.0 Å². The van der Waals surface area contributed by atoms with Crippen molar-refractivity contribution in [2.75, 3.05) is 19.8 Å². The van der Waals surface area contributed by atoms with Gasteiger partial charge in [0, 0.05) is 29.4 Å². The summed E-state index contributed by atoms with van der Waals surface area (Å²) in [6, 6.07) is 9.45. The van der Waals surface area contributed by atoms with Gasteiger partial charge in [-0.15, -0.1) is 0 Å². The number of hydrogen-bond acceptors (Lipinski definition) is 6. The first-order chi connectivity index (χ1) is 14.1. The number of hydrogen-bond donors (Lipinski definition) is 1. The molecule has 1 N–H and O–H groups in total. The number of nitrogens with zero attached hydrogens (tertiary/aromatic N) is 2. The fourth-order valence-corrected chi connectivity index (χ4v) is 4.38. The number of aromatic nitrogens is 3. The molecular weight excluding hydrogens is 413 g/mol. The van der Waals surface area contributed by atoms with E-state index in [4.69, 9.17) is 14.2 Å². The molecule has 4 rings (SSSR count). The van der Waals surface area contributed by atoms with Crippen LogP contribution in [0.4, 0.5) is 0 Å². The number of rotatable bonds is 7. The average Bonchev–Trinajstić information content (AvgIpc) is 3.19. The van der Waals surface area contributed by atoms with Gasteiger partial charge in [0.15, 0.2) is 5.75 Å². The van der Waals surface area contributed by atoms with Crippen LogP contribution >= 0.6 is 0 Å². The van der Waals surface area contributed by atoms with Crippen LogP contribution in [0.5, 0.6) is 5.75 Å². The van der Waals surface area contributed by atoms with E-state index in [0.29, 0.717) is 37.1 Å². The van der Waals surface area contributed by atoms with Gasteiger partial charge in [-0.25, -0.2) is 0 Å². The first-order valence-electron chi connectivity index (χ1n) is 9.78. The van der Waals surface area contributed by atoms with Crippen molar-refractivity contribution in [1.82, 2.24) is 15.0 Å². The maximum absolute atomic E-state index is 12.8. The fraction of sp³-hybridized carbons (Fsp3) is 0.429. The molecule has 0 amide bonds. The van der Waals surface area contributed by atoms with E-state index in [1.54, 1.807) is 6.20 Å². The number of nitrogens with one attached hydrogen (secondary N) is 1. The van der Waals surface area contributed by atoms with Crippen LogP contribution < -0.4 is 4.74 Å². The van der Waals surface area contributed by atoms with E-state index < -0.39 is 17.0 Å². The van der Waals surface area contributed by atoms with Crippen LogP contribution in [0, 0.1) is 6.92 Å². The molecule has 0 radical (unpaired) electrons. The zero-order valence-electron chi connectivity index (χ0n) is 16.6. The monoisotopic (exact) mass is 439 g/mol. The van der Waals surface area contributed by atoms with E-state index in [0.717, 1.165) is 28.7 Å². The van der Waals surface area contributed by atoms with Gasteiger partial charge in [-0.05, 0) is 31.5 Å².